The summed E-state index contributed by atoms with van der Waals surface area (Å²) in [6, 6.07) is 0. The van der Waals surface area contributed by atoms with E-state index >= 15 is 0 Å². The zero-order valence-corrected chi connectivity index (χ0v) is 7.72. The zero-order chi connectivity index (χ0) is 8.69. The Labute approximate surface area is 68.9 Å². The van der Waals surface area contributed by atoms with Crippen molar-refractivity contribution in [1.82, 2.24) is 0 Å². The first-order chi connectivity index (χ1) is 5.20. The molecule has 0 atom stereocenters. The summed E-state index contributed by atoms with van der Waals surface area (Å²) in [5.41, 5.74) is 0. The van der Waals surface area contributed by atoms with E-state index in [0.29, 0.717) is 0 Å². The van der Waals surface area contributed by atoms with E-state index in [1.54, 1.807) is 0 Å². The summed E-state index contributed by atoms with van der Waals surface area (Å²) in [6.07, 6.45) is 4.30. The first-order valence-corrected chi connectivity index (χ1v) is 4.37. The van der Waals surface area contributed by atoms with Crippen LogP contribution >= 0.6 is 0 Å². The highest BCUT2D eigenvalue weighted by Crippen LogP contribution is 2.08. The molecule has 0 heterocycles. The van der Waals surface area contributed by atoms with Gasteiger partial charge < -0.3 is 4.74 Å². The van der Waals surface area contributed by atoms with Crippen molar-refractivity contribution in [1.29, 1.82) is 0 Å². The van der Waals surface area contributed by atoms with Crippen molar-refractivity contribution in [2.24, 2.45) is 0 Å². The Morgan fingerprint density at radius 1 is 1.27 bits per heavy atom. The molecular formula is C9H18O2. The van der Waals surface area contributed by atoms with Gasteiger partial charge in [-0.1, -0.05) is 26.7 Å². The second kappa shape index (κ2) is 6.20. The van der Waals surface area contributed by atoms with E-state index in [2.05, 4.69) is 13.8 Å². The fourth-order valence-electron chi connectivity index (χ4n) is 1.14. The number of carbonyl (C=O) groups is 1. The van der Waals surface area contributed by atoms with E-state index in [4.69, 9.17) is 4.74 Å². The average Bonchev–Trinajstić information content (AvgIpc) is 1.87. The molecule has 0 aliphatic rings. The Kier molecular flexibility index (Phi) is 5.90. The molecular weight excluding hydrogens is 140 g/mol. The molecule has 0 aliphatic carbocycles. The maximum atomic E-state index is 10.6. The van der Waals surface area contributed by atoms with Crippen molar-refractivity contribution >= 4 is 5.97 Å². The lowest BCUT2D eigenvalue weighted by Gasteiger charge is -2.14. The third-order valence-corrected chi connectivity index (χ3v) is 1.55. The second-order valence-electron chi connectivity index (χ2n) is 2.81. The summed E-state index contributed by atoms with van der Waals surface area (Å²) in [5.74, 6) is -0.156. The zero-order valence-electron chi connectivity index (χ0n) is 7.72. The van der Waals surface area contributed by atoms with Crippen LogP contribution in [0.25, 0.3) is 0 Å². The third-order valence-electron chi connectivity index (χ3n) is 1.55. The molecule has 66 valence electrons. The van der Waals surface area contributed by atoms with Gasteiger partial charge in [0, 0.05) is 6.92 Å². The average molecular weight is 158 g/mol. The highest BCUT2D eigenvalue weighted by Gasteiger charge is 2.08. The van der Waals surface area contributed by atoms with Crippen molar-refractivity contribution in [2.45, 2.75) is 52.6 Å². The second-order valence-corrected chi connectivity index (χ2v) is 2.81. The molecule has 0 aromatic carbocycles. The minimum Gasteiger partial charge on any atom is -0.463 e. The largest absolute Gasteiger partial charge is 0.463 e. The van der Waals surface area contributed by atoms with E-state index in [9.17, 15) is 4.79 Å². The quantitative estimate of drug-likeness (QED) is 0.575. The van der Waals surface area contributed by atoms with Gasteiger partial charge in [-0.25, -0.2) is 0 Å². The topological polar surface area (TPSA) is 26.3 Å². The van der Waals surface area contributed by atoms with Gasteiger partial charge in [0.1, 0.15) is 6.10 Å². The number of esters is 1. The smallest absolute Gasteiger partial charge is 0.302 e. The predicted molar refractivity (Wildman–Crippen MR) is 45.4 cm³/mol. The summed E-state index contributed by atoms with van der Waals surface area (Å²) in [5, 5.41) is 0. The van der Waals surface area contributed by atoms with Crippen LogP contribution in [0.15, 0.2) is 0 Å². The molecule has 2 nitrogen and oxygen atoms in total. The molecule has 2 heteroatoms. The van der Waals surface area contributed by atoms with Crippen LogP contribution in [0.2, 0.25) is 0 Å². The fraction of sp³-hybridized carbons (Fsp3) is 0.889. The number of carbonyl (C=O) groups excluding carboxylic acids is 1. The summed E-state index contributed by atoms with van der Waals surface area (Å²) >= 11 is 0. The molecule has 0 radical (unpaired) electrons. The van der Waals surface area contributed by atoms with Crippen LogP contribution in [0.5, 0.6) is 0 Å². The van der Waals surface area contributed by atoms with Crippen molar-refractivity contribution in [2.75, 3.05) is 0 Å². The van der Waals surface area contributed by atoms with Crippen LogP contribution in [0.4, 0.5) is 0 Å². The normalized spacial score (nSPS) is 10.2. The van der Waals surface area contributed by atoms with Crippen molar-refractivity contribution in [3.63, 3.8) is 0 Å². The van der Waals surface area contributed by atoms with Crippen LogP contribution in [0, 0.1) is 0 Å². The number of hydrogen-bond donors (Lipinski definition) is 0. The molecule has 0 aromatic heterocycles. The fourth-order valence-corrected chi connectivity index (χ4v) is 1.14. The number of rotatable bonds is 5. The minimum absolute atomic E-state index is 0.155. The van der Waals surface area contributed by atoms with E-state index < -0.39 is 0 Å². The SMILES string of the molecule is CCCC(CCC)OC(C)=O. The van der Waals surface area contributed by atoms with Gasteiger partial charge in [0.2, 0.25) is 0 Å². The van der Waals surface area contributed by atoms with Gasteiger partial charge >= 0.3 is 5.97 Å². The molecule has 0 aliphatic heterocycles. The maximum Gasteiger partial charge on any atom is 0.302 e. The Hall–Kier alpha value is -0.530. The first-order valence-electron chi connectivity index (χ1n) is 4.37. The Balaban J connectivity index is 3.59. The molecule has 0 rings (SSSR count). The minimum atomic E-state index is -0.156. The third kappa shape index (κ3) is 5.89. The number of hydrogen-bond acceptors (Lipinski definition) is 2. The van der Waals surface area contributed by atoms with Crippen LogP contribution < -0.4 is 0 Å². The van der Waals surface area contributed by atoms with Gasteiger partial charge in [0.05, 0.1) is 0 Å². The maximum absolute atomic E-state index is 10.6. The number of ether oxygens (including phenoxy) is 1. The van der Waals surface area contributed by atoms with Crippen LogP contribution in [0.3, 0.4) is 0 Å². The van der Waals surface area contributed by atoms with Gasteiger partial charge in [0.15, 0.2) is 0 Å². The van der Waals surface area contributed by atoms with Crippen molar-refractivity contribution < 1.29 is 9.53 Å². The Bertz CT molecular complexity index is 104. The molecule has 11 heavy (non-hydrogen) atoms. The van der Waals surface area contributed by atoms with E-state index in [1.807, 2.05) is 0 Å². The van der Waals surface area contributed by atoms with Gasteiger partial charge in [0.25, 0.3) is 0 Å². The molecule has 0 fully saturated rings. The van der Waals surface area contributed by atoms with Gasteiger partial charge in [-0.3, -0.25) is 4.79 Å². The highest BCUT2D eigenvalue weighted by atomic mass is 16.5. The standard InChI is InChI=1S/C9H18O2/c1-4-6-9(7-5-2)11-8(3)10/h9H,4-7H2,1-3H3. The van der Waals surface area contributed by atoms with E-state index in [1.165, 1.54) is 6.92 Å². The molecule has 0 spiro atoms. The molecule has 0 bridgehead atoms. The molecule has 0 saturated heterocycles. The van der Waals surface area contributed by atoms with Gasteiger partial charge in [-0.05, 0) is 12.8 Å². The molecule has 0 N–H and O–H groups in total. The van der Waals surface area contributed by atoms with Crippen LogP contribution in [-0.2, 0) is 9.53 Å². The highest BCUT2D eigenvalue weighted by molar-refractivity contribution is 5.66. The summed E-state index contributed by atoms with van der Waals surface area (Å²) in [6.45, 7) is 5.68. The summed E-state index contributed by atoms with van der Waals surface area (Å²) in [7, 11) is 0. The van der Waals surface area contributed by atoms with Gasteiger partial charge in [-0.2, -0.15) is 0 Å². The summed E-state index contributed by atoms with van der Waals surface area (Å²) in [4.78, 5) is 10.6. The monoisotopic (exact) mass is 158 g/mol. The lowest BCUT2D eigenvalue weighted by molar-refractivity contribution is -0.146. The van der Waals surface area contributed by atoms with E-state index in [0.717, 1.165) is 25.7 Å². The van der Waals surface area contributed by atoms with Crippen LogP contribution in [0.1, 0.15) is 46.5 Å². The van der Waals surface area contributed by atoms with E-state index in [-0.39, 0.29) is 12.1 Å². The lowest BCUT2D eigenvalue weighted by atomic mass is 10.1. The molecule has 0 aromatic rings. The van der Waals surface area contributed by atoms with Crippen molar-refractivity contribution in [3.8, 4) is 0 Å². The molecule has 0 amide bonds. The Morgan fingerprint density at radius 3 is 2.00 bits per heavy atom. The summed E-state index contributed by atoms with van der Waals surface area (Å²) < 4.78 is 5.09. The van der Waals surface area contributed by atoms with Gasteiger partial charge in [-0.15, -0.1) is 0 Å². The predicted octanol–water partition coefficient (Wildman–Crippen LogP) is 2.52. The Morgan fingerprint density at radius 2 is 1.73 bits per heavy atom. The first kappa shape index (κ1) is 10.5. The lowest BCUT2D eigenvalue weighted by Crippen LogP contribution is -2.15. The van der Waals surface area contributed by atoms with Crippen LogP contribution in [-0.4, -0.2) is 12.1 Å². The molecule has 0 saturated carbocycles. The van der Waals surface area contributed by atoms with Crippen molar-refractivity contribution in [3.05, 3.63) is 0 Å². The molecule has 0 unspecified atom stereocenters.